The normalized spacial score (nSPS) is 13.5. The Morgan fingerprint density at radius 3 is 2.10 bits per heavy atom. The molecule has 0 bridgehead atoms. The number of benzene rings is 2. The molecule has 0 spiro atoms. The first-order valence-corrected chi connectivity index (χ1v) is 12.7. The Hall–Kier alpha value is -4.13. The number of nitrogens with two attached hydrogens (primary N) is 1. The standard InChI is InChI=1S/C27H30ClF3N4O6/c1-14(2)21(23(37)27(29,30)31)34-26(40)22(15-7-9-18(41-3)10-8-15)35-25(39)19(11-12-20(32)36)33-24(38)16-5-4-6-17(28)13-16/h4-10,13-14,19,21-22H,11-12H2,1-3H3,(H2,32,36)(H,33,38)(H,34,40)(H,35,39). The minimum absolute atomic E-state index is 0.101. The van der Waals surface area contributed by atoms with Crippen LogP contribution < -0.4 is 26.4 Å². The molecule has 0 saturated carbocycles. The minimum atomic E-state index is -5.22. The summed E-state index contributed by atoms with van der Waals surface area (Å²) in [6, 6.07) is 6.57. The van der Waals surface area contributed by atoms with Gasteiger partial charge in [-0.2, -0.15) is 13.2 Å². The van der Waals surface area contributed by atoms with Crippen molar-refractivity contribution in [1.82, 2.24) is 16.0 Å². The highest BCUT2D eigenvalue weighted by Gasteiger charge is 2.45. The van der Waals surface area contributed by atoms with E-state index in [0.717, 1.165) is 0 Å². The summed E-state index contributed by atoms with van der Waals surface area (Å²) in [7, 11) is 1.39. The summed E-state index contributed by atoms with van der Waals surface area (Å²) in [4.78, 5) is 62.9. The van der Waals surface area contributed by atoms with E-state index in [4.69, 9.17) is 22.1 Å². The topological polar surface area (TPSA) is 157 Å². The fraction of sp³-hybridized carbons (Fsp3) is 0.370. The molecule has 4 amide bonds. The first-order valence-electron chi connectivity index (χ1n) is 12.3. The lowest BCUT2D eigenvalue weighted by atomic mass is 9.97. The smallest absolute Gasteiger partial charge is 0.452 e. The van der Waals surface area contributed by atoms with Crippen LogP contribution >= 0.6 is 11.6 Å². The van der Waals surface area contributed by atoms with Crippen molar-refractivity contribution < 1.29 is 41.9 Å². The van der Waals surface area contributed by atoms with Gasteiger partial charge in [-0.15, -0.1) is 0 Å². The number of ether oxygens (including phenoxy) is 1. The summed E-state index contributed by atoms with van der Waals surface area (Å²) in [5.74, 6) is -6.27. The molecule has 5 N–H and O–H groups in total. The number of methoxy groups -OCH3 is 1. The maximum atomic E-state index is 13.4. The van der Waals surface area contributed by atoms with Gasteiger partial charge in [-0.05, 0) is 48.2 Å². The van der Waals surface area contributed by atoms with E-state index in [1.165, 1.54) is 69.5 Å². The predicted molar refractivity (Wildman–Crippen MR) is 143 cm³/mol. The summed E-state index contributed by atoms with van der Waals surface area (Å²) < 4.78 is 44.7. The van der Waals surface area contributed by atoms with E-state index in [-0.39, 0.29) is 29.0 Å². The molecule has 14 heteroatoms. The third kappa shape index (κ3) is 9.78. The fourth-order valence-corrected chi connectivity index (χ4v) is 3.90. The van der Waals surface area contributed by atoms with Gasteiger partial charge in [-0.3, -0.25) is 24.0 Å². The van der Waals surface area contributed by atoms with Crippen molar-refractivity contribution in [2.45, 2.75) is 51.0 Å². The summed E-state index contributed by atoms with van der Waals surface area (Å²) in [6.07, 6.45) is -5.79. The van der Waals surface area contributed by atoms with Crippen LogP contribution in [0.2, 0.25) is 5.02 Å². The molecule has 41 heavy (non-hydrogen) atoms. The second kappa shape index (κ2) is 14.5. The minimum Gasteiger partial charge on any atom is -0.497 e. The second-order valence-electron chi connectivity index (χ2n) is 9.35. The molecule has 0 aromatic heterocycles. The number of primary amides is 1. The van der Waals surface area contributed by atoms with Gasteiger partial charge in [0.05, 0.1) is 13.2 Å². The summed E-state index contributed by atoms with van der Waals surface area (Å²) in [5, 5.41) is 7.20. The number of hydrogen-bond acceptors (Lipinski definition) is 6. The lowest BCUT2D eigenvalue weighted by Gasteiger charge is -2.27. The van der Waals surface area contributed by atoms with Gasteiger partial charge in [0.15, 0.2) is 0 Å². The number of carbonyl (C=O) groups excluding carboxylic acids is 5. The molecule has 3 unspecified atom stereocenters. The van der Waals surface area contributed by atoms with Crippen molar-refractivity contribution in [2.75, 3.05) is 7.11 Å². The average Bonchev–Trinajstić information content (AvgIpc) is 2.91. The monoisotopic (exact) mass is 598 g/mol. The quantitative estimate of drug-likeness (QED) is 0.278. The lowest BCUT2D eigenvalue weighted by Crippen LogP contribution is -2.54. The highest BCUT2D eigenvalue weighted by atomic mass is 35.5. The van der Waals surface area contributed by atoms with E-state index in [2.05, 4.69) is 16.0 Å². The predicted octanol–water partition coefficient (Wildman–Crippen LogP) is 2.84. The molecule has 2 rings (SSSR count). The molecule has 0 radical (unpaired) electrons. The van der Waals surface area contributed by atoms with Crippen molar-refractivity contribution in [3.8, 4) is 5.75 Å². The Morgan fingerprint density at radius 2 is 1.59 bits per heavy atom. The van der Waals surface area contributed by atoms with Crippen LogP contribution in [0.25, 0.3) is 0 Å². The van der Waals surface area contributed by atoms with Crippen molar-refractivity contribution >= 4 is 41.0 Å². The van der Waals surface area contributed by atoms with Gasteiger partial charge in [0, 0.05) is 17.0 Å². The van der Waals surface area contributed by atoms with Crippen LogP contribution in [0.15, 0.2) is 48.5 Å². The number of Topliss-reactive ketones (excluding diaryl/α,β-unsaturated/α-hetero) is 1. The van der Waals surface area contributed by atoms with Crippen LogP contribution in [0.3, 0.4) is 0 Å². The van der Waals surface area contributed by atoms with Gasteiger partial charge < -0.3 is 26.4 Å². The van der Waals surface area contributed by atoms with E-state index in [0.29, 0.717) is 5.75 Å². The zero-order valence-corrected chi connectivity index (χ0v) is 23.1. The number of rotatable bonds is 13. The summed E-state index contributed by atoms with van der Waals surface area (Å²) in [6.45, 7) is 2.64. The van der Waals surface area contributed by atoms with Gasteiger partial charge in [-0.1, -0.05) is 43.6 Å². The van der Waals surface area contributed by atoms with E-state index in [9.17, 15) is 37.1 Å². The number of amides is 4. The number of hydrogen-bond donors (Lipinski definition) is 4. The molecule has 2 aromatic rings. The third-order valence-electron chi connectivity index (χ3n) is 5.91. The molecular weight excluding hydrogens is 569 g/mol. The molecule has 0 heterocycles. The molecule has 222 valence electrons. The third-order valence-corrected chi connectivity index (χ3v) is 6.15. The van der Waals surface area contributed by atoms with Gasteiger partial charge in [0.2, 0.25) is 17.7 Å². The Kier molecular flexibility index (Phi) is 11.7. The van der Waals surface area contributed by atoms with Gasteiger partial charge >= 0.3 is 6.18 Å². The Morgan fingerprint density at radius 1 is 0.951 bits per heavy atom. The molecule has 0 aliphatic carbocycles. The Bertz CT molecular complexity index is 1270. The largest absolute Gasteiger partial charge is 0.497 e. The maximum Gasteiger partial charge on any atom is 0.452 e. The van der Waals surface area contributed by atoms with Crippen LogP contribution in [0, 0.1) is 5.92 Å². The molecule has 0 saturated heterocycles. The summed E-state index contributed by atoms with van der Waals surface area (Å²) >= 11 is 5.93. The number of nitrogens with one attached hydrogen (secondary N) is 3. The average molecular weight is 599 g/mol. The number of ketones is 1. The Labute approximate surface area is 239 Å². The molecule has 2 aromatic carbocycles. The first-order chi connectivity index (χ1) is 19.1. The Balaban J connectivity index is 2.40. The van der Waals surface area contributed by atoms with E-state index >= 15 is 0 Å². The van der Waals surface area contributed by atoms with Gasteiger partial charge in [0.25, 0.3) is 11.7 Å². The van der Waals surface area contributed by atoms with Crippen LogP contribution in [0.4, 0.5) is 13.2 Å². The first kappa shape index (κ1) is 33.1. The van der Waals surface area contributed by atoms with E-state index in [1.54, 1.807) is 0 Å². The van der Waals surface area contributed by atoms with E-state index in [1.807, 2.05) is 0 Å². The van der Waals surface area contributed by atoms with Crippen molar-refractivity contribution in [1.29, 1.82) is 0 Å². The molecule has 0 aliphatic heterocycles. The van der Waals surface area contributed by atoms with Gasteiger partial charge in [-0.25, -0.2) is 0 Å². The SMILES string of the molecule is COc1ccc(C(NC(=O)C(CCC(N)=O)NC(=O)c2cccc(Cl)c2)C(=O)NC(C(=O)C(F)(F)F)C(C)C)cc1. The van der Waals surface area contributed by atoms with Crippen molar-refractivity contribution in [3.63, 3.8) is 0 Å². The lowest BCUT2D eigenvalue weighted by molar-refractivity contribution is -0.175. The van der Waals surface area contributed by atoms with Crippen LogP contribution in [-0.4, -0.2) is 54.8 Å². The highest BCUT2D eigenvalue weighted by Crippen LogP contribution is 2.23. The zero-order chi connectivity index (χ0) is 30.9. The fourth-order valence-electron chi connectivity index (χ4n) is 3.71. The number of halogens is 4. The molecular formula is C27H30ClF3N4O6. The number of carbonyl (C=O) groups is 5. The second-order valence-corrected chi connectivity index (χ2v) is 9.78. The zero-order valence-electron chi connectivity index (χ0n) is 22.4. The number of alkyl halides is 3. The summed E-state index contributed by atoms with van der Waals surface area (Å²) in [5.41, 5.74) is 5.45. The highest BCUT2D eigenvalue weighted by molar-refractivity contribution is 6.31. The maximum absolute atomic E-state index is 13.4. The molecule has 10 nitrogen and oxygen atoms in total. The van der Waals surface area contributed by atoms with Crippen LogP contribution in [0.1, 0.15) is 48.7 Å². The van der Waals surface area contributed by atoms with Crippen molar-refractivity contribution in [3.05, 3.63) is 64.7 Å². The van der Waals surface area contributed by atoms with Crippen LogP contribution in [0.5, 0.6) is 5.75 Å². The molecule has 3 atom stereocenters. The van der Waals surface area contributed by atoms with Crippen molar-refractivity contribution in [2.24, 2.45) is 11.7 Å². The van der Waals surface area contributed by atoms with Gasteiger partial charge in [0.1, 0.15) is 17.8 Å². The molecule has 0 fully saturated rings. The van der Waals surface area contributed by atoms with E-state index < -0.39 is 59.6 Å². The molecule has 0 aliphatic rings. The van der Waals surface area contributed by atoms with Crippen LogP contribution in [-0.2, 0) is 19.2 Å².